The van der Waals surface area contributed by atoms with Crippen LogP contribution in [0.25, 0.3) is 10.8 Å². The third kappa shape index (κ3) is 2.36. The van der Waals surface area contributed by atoms with Crippen molar-refractivity contribution in [2.24, 2.45) is 0 Å². The van der Waals surface area contributed by atoms with Crippen LogP contribution in [0.1, 0.15) is 0 Å². The SMILES string of the molecule is COC(=O)C1=C(C(=O)OC)N(O)c2cc3ccccc3cc2O1. The van der Waals surface area contributed by atoms with Crippen molar-refractivity contribution in [3.63, 3.8) is 0 Å². The van der Waals surface area contributed by atoms with Gasteiger partial charge in [0.1, 0.15) is 5.69 Å². The van der Waals surface area contributed by atoms with Crippen LogP contribution in [-0.2, 0) is 19.1 Å². The lowest BCUT2D eigenvalue weighted by Crippen LogP contribution is -2.34. The molecule has 118 valence electrons. The van der Waals surface area contributed by atoms with E-state index in [0.717, 1.165) is 25.0 Å². The monoisotopic (exact) mass is 315 g/mol. The molecule has 2 aromatic rings. The van der Waals surface area contributed by atoms with E-state index in [1.165, 1.54) is 0 Å². The van der Waals surface area contributed by atoms with Crippen LogP contribution in [0.5, 0.6) is 5.75 Å². The first-order chi connectivity index (χ1) is 11.1. The van der Waals surface area contributed by atoms with Crippen molar-refractivity contribution < 1.29 is 29.0 Å². The first-order valence-electron chi connectivity index (χ1n) is 6.67. The van der Waals surface area contributed by atoms with Gasteiger partial charge in [-0.15, -0.1) is 0 Å². The van der Waals surface area contributed by atoms with Gasteiger partial charge in [0.25, 0.3) is 0 Å². The Morgan fingerprint density at radius 3 is 2.26 bits per heavy atom. The first-order valence-corrected chi connectivity index (χ1v) is 6.67. The molecular formula is C16H13NO6. The van der Waals surface area contributed by atoms with Crippen LogP contribution in [0.3, 0.4) is 0 Å². The molecular weight excluding hydrogens is 302 g/mol. The molecule has 0 spiro atoms. The summed E-state index contributed by atoms with van der Waals surface area (Å²) >= 11 is 0. The number of carbonyl (C=O) groups excluding carboxylic acids is 2. The topological polar surface area (TPSA) is 85.3 Å². The average Bonchev–Trinajstić information content (AvgIpc) is 2.58. The summed E-state index contributed by atoms with van der Waals surface area (Å²) in [6.07, 6.45) is 0. The van der Waals surface area contributed by atoms with Crippen molar-refractivity contribution >= 4 is 28.4 Å². The minimum Gasteiger partial charge on any atom is -0.464 e. The fourth-order valence-electron chi connectivity index (χ4n) is 2.34. The highest BCUT2D eigenvalue weighted by Gasteiger charge is 2.36. The lowest BCUT2D eigenvalue weighted by atomic mass is 10.1. The molecule has 0 saturated carbocycles. The Morgan fingerprint density at radius 1 is 1.04 bits per heavy atom. The fourth-order valence-corrected chi connectivity index (χ4v) is 2.34. The van der Waals surface area contributed by atoms with Crippen LogP contribution in [-0.4, -0.2) is 31.4 Å². The van der Waals surface area contributed by atoms with Crippen LogP contribution in [0.15, 0.2) is 47.9 Å². The van der Waals surface area contributed by atoms with Gasteiger partial charge in [-0.3, -0.25) is 5.21 Å². The molecule has 0 aliphatic carbocycles. The van der Waals surface area contributed by atoms with E-state index in [9.17, 15) is 14.8 Å². The number of benzene rings is 2. The Labute approximate surface area is 131 Å². The second-order valence-electron chi connectivity index (χ2n) is 4.74. The van der Waals surface area contributed by atoms with Crippen LogP contribution in [0.4, 0.5) is 5.69 Å². The zero-order chi connectivity index (χ0) is 16.6. The van der Waals surface area contributed by atoms with Crippen LogP contribution in [0.2, 0.25) is 0 Å². The largest absolute Gasteiger partial charge is 0.464 e. The van der Waals surface area contributed by atoms with E-state index in [-0.39, 0.29) is 11.4 Å². The summed E-state index contributed by atoms with van der Waals surface area (Å²) in [5.41, 5.74) is -0.223. The molecule has 0 bridgehead atoms. The molecule has 23 heavy (non-hydrogen) atoms. The molecule has 0 unspecified atom stereocenters. The van der Waals surface area contributed by atoms with Crippen molar-refractivity contribution in [3.05, 3.63) is 47.9 Å². The summed E-state index contributed by atoms with van der Waals surface area (Å²) in [7, 11) is 2.28. The van der Waals surface area contributed by atoms with E-state index in [1.807, 2.05) is 24.3 Å². The molecule has 1 aliphatic rings. The molecule has 0 saturated heterocycles. The molecule has 0 aromatic heterocycles. The smallest absolute Gasteiger partial charge is 0.376 e. The summed E-state index contributed by atoms with van der Waals surface area (Å²) in [6.45, 7) is 0. The normalized spacial score (nSPS) is 13.4. The number of ether oxygens (including phenoxy) is 3. The van der Waals surface area contributed by atoms with Crippen molar-refractivity contribution in [1.82, 2.24) is 0 Å². The molecule has 3 rings (SSSR count). The number of hydroxylamine groups is 1. The fraction of sp³-hybridized carbons (Fsp3) is 0.125. The van der Waals surface area contributed by atoms with Gasteiger partial charge in [0.05, 0.1) is 14.2 Å². The summed E-state index contributed by atoms with van der Waals surface area (Å²) < 4.78 is 14.7. The Morgan fingerprint density at radius 2 is 1.65 bits per heavy atom. The molecule has 7 nitrogen and oxygen atoms in total. The van der Waals surface area contributed by atoms with E-state index >= 15 is 0 Å². The Hall–Kier alpha value is -3.06. The summed E-state index contributed by atoms with van der Waals surface area (Å²) in [5, 5.41) is 12.6. The van der Waals surface area contributed by atoms with E-state index in [1.54, 1.807) is 12.1 Å². The number of esters is 2. The van der Waals surface area contributed by atoms with Crippen molar-refractivity contribution in [3.8, 4) is 5.75 Å². The van der Waals surface area contributed by atoms with Crippen LogP contribution < -0.4 is 9.80 Å². The van der Waals surface area contributed by atoms with Crippen molar-refractivity contribution in [1.29, 1.82) is 0 Å². The number of carbonyl (C=O) groups is 2. The van der Waals surface area contributed by atoms with Gasteiger partial charge in [0, 0.05) is 0 Å². The molecule has 0 fully saturated rings. The zero-order valence-electron chi connectivity index (χ0n) is 12.4. The van der Waals surface area contributed by atoms with Gasteiger partial charge >= 0.3 is 11.9 Å². The highest BCUT2D eigenvalue weighted by atomic mass is 16.6. The van der Waals surface area contributed by atoms with Gasteiger partial charge in [-0.2, -0.15) is 0 Å². The van der Waals surface area contributed by atoms with E-state index in [4.69, 9.17) is 4.74 Å². The highest BCUT2D eigenvalue weighted by molar-refractivity contribution is 6.04. The standard InChI is InChI=1S/C16H13NO6/c1-21-15(18)13-14(16(19)22-2)23-12-8-10-6-4-3-5-9(10)7-11(12)17(13)20/h3-8,20H,1-2H3. The molecule has 1 aliphatic heterocycles. The molecule has 0 amide bonds. The second-order valence-corrected chi connectivity index (χ2v) is 4.74. The Bertz CT molecular complexity index is 842. The summed E-state index contributed by atoms with van der Waals surface area (Å²) in [6, 6.07) is 10.7. The Kier molecular flexibility index (Phi) is 3.63. The minimum atomic E-state index is -0.924. The predicted octanol–water partition coefficient (Wildman–Crippen LogP) is 1.99. The summed E-state index contributed by atoms with van der Waals surface area (Å²) in [5.74, 6) is -2.04. The average molecular weight is 315 g/mol. The molecule has 1 heterocycles. The lowest BCUT2D eigenvalue weighted by molar-refractivity contribution is -0.142. The molecule has 2 aromatic carbocycles. The first kappa shape index (κ1) is 14.9. The highest BCUT2D eigenvalue weighted by Crippen LogP contribution is 2.40. The molecule has 7 heteroatoms. The van der Waals surface area contributed by atoms with Gasteiger partial charge in [0.15, 0.2) is 5.75 Å². The van der Waals surface area contributed by atoms with Crippen molar-refractivity contribution in [2.45, 2.75) is 0 Å². The predicted molar refractivity (Wildman–Crippen MR) is 79.9 cm³/mol. The number of hydrogen-bond donors (Lipinski definition) is 1. The maximum Gasteiger partial charge on any atom is 0.376 e. The number of rotatable bonds is 2. The maximum absolute atomic E-state index is 11.9. The molecule has 1 N–H and O–H groups in total. The minimum absolute atomic E-state index is 0.219. The number of nitrogens with zero attached hydrogens (tertiary/aromatic N) is 1. The van der Waals surface area contributed by atoms with E-state index < -0.39 is 23.4 Å². The van der Waals surface area contributed by atoms with Crippen molar-refractivity contribution in [2.75, 3.05) is 19.3 Å². The zero-order valence-corrected chi connectivity index (χ0v) is 12.4. The van der Waals surface area contributed by atoms with Gasteiger partial charge in [-0.1, -0.05) is 24.3 Å². The molecule has 0 atom stereocenters. The number of methoxy groups -OCH3 is 2. The third-order valence-corrected chi connectivity index (χ3v) is 3.44. The van der Waals surface area contributed by atoms with E-state index in [2.05, 4.69) is 9.47 Å². The lowest BCUT2D eigenvalue weighted by Gasteiger charge is -2.28. The maximum atomic E-state index is 11.9. The van der Waals surface area contributed by atoms with Crippen LogP contribution >= 0.6 is 0 Å². The summed E-state index contributed by atoms with van der Waals surface area (Å²) in [4.78, 5) is 23.8. The van der Waals surface area contributed by atoms with Gasteiger partial charge in [-0.25, -0.2) is 14.7 Å². The quantitative estimate of drug-likeness (QED) is 0.848. The number of anilines is 1. The van der Waals surface area contributed by atoms with Gasteiger partial charge in [0.2, 0.25) is 11.5 Å². The van der Waals surface area contributed by atoms with E-state index in [0.29, 0.717) is 5.06 Å². The van der Waals surface area contributed by atoms with Gasteiger partial charge < -0.3 is 14.2 Å². The number of hydrogen-bond acceptors (Lipinski definition) is 7. The molecule has 0 radical (unpaired) electrons. The Balaban J connectivity index is 2.20. The van der Waals surface area contributed by atoms with Gasteiger partial charge in [-0.05, 0) is 22.9 Å². The second kappa shape index (κ2) is 5.62. The van der Waals surface area contributed by atoms with Crippen LogP contribution in [0, 0.1) is 0 Å². The number of fused-ring (bicyclic) bond motifs is 2. The third-order valence-electron chi connectivity index (χ3n) is 3.44.